The van der Waals surface area contributed by atoms with Gasteiger partial charge in [0, 0.05) is 6.42 Å². The maximum absolute atomic E-state index is 11.9. The van der Waals surface area contributed by atoms with E-state index in [0.717, 1.165) is 19.3 Å². The van der Waals surface area contributed by atoms with Crippen LogP contribution in [0.25, 0.3) is 0 Å². The molecule has 3 nitrogen and oxygen atoms in total. The van der Waals surface area contributed by atoms with Crippen LogP contribution < -0.4 is 0 Å². The lowest BCUT2D eigenvalue weighted by Gasteiger charge is -2.37. The molecule has 1 rings (SSSR count). The molecule has 0 spiro atoms. The van der Waals surface area contributed by atoms with E-state index >= 15 is 0 Å². The normalized spacial score (nSPS) is 31.4. The molecule has 0 amide bonds. The van der Waals surface area contributed by atoms with Crippen LogP contribution in [-0.2, 0) is 14.3 Å². The summed E-state index contributed by atoms with van der Waals surface area (Å²) in [4.78, 5) is 23.8. The summed E-state index contributed by atoms with van der Waals surface area (Å²) in [5, 5.41) is 0. The van der Waals surface area contributed by atoms with Crippen LogP contribution in [0.15, 0.2) is 0 Å². The molecule has 1 aliphatic rings. The third-order valence-electron chi connectivity index (χ3n) is 3.54. The third kappa shape index (κ3) is 2.06. The summed E-state index contributed by atoms with van der Waals surface area (Å²) in [7, 11) is 0. The highest BCUT2D eigenvalue weighted by atomic mass is 16.5. The maximum Gasteiger partial charge on any atom is 0.319 e. The van der Waals surface area contributed by atoms with Crippen molar-refractivity contribution in [1.29, 1.82) is 0 Å². The molecule has 0 aromatic rings. The Bertz CT molecular complexity index is 260. The fourth-order valence-corrected chi connectivity index (χ4v) is 2.46. The van der Waals surface area contributed by atoms with Crippen LogP contribution in [0.1, 0.15) is 46.5 Å². The highest BCUT2D eigenvalue weighted by molar-refractivity contribution is 6.04. The van der Waals surface area contributed by atoms with E-state index in [9.17, 15) is 9.59 Å². The molecule has 2 atom stereocenters. The summed E-state index contributed by atoms with van der Waals surface area (Å²) in [6, 6.07) is 0. The summed E-state index contributed by atoms with van der Waals surface area (Å²) in [6.07, 6.45) is 3.25. The van der Waals surface area contributed by atoms with Gasteiger partial charge >= 0.3 is 5.97 Å². The maximum atomic E-state index is 11.9. The lowest BCUT2D eigenvalue weighted by atomic mass is 9.65. The number of esters is 1. The van der Waals surface area contributed by atoms with Gasteiger partial charge in [-0.15, -0.1) is 0 Å². The molecule has 0 unspecified atom stereocenters. The second-order valence-electron chi connectivity index (χ2n) is 4.34. The Labute approximate surface area is 91.2 Å². The molecule has 3 heteroatoms. The zero-order valence-corrected chi connectivity index (χ0v) is 9.84. The van der Waals surface area contributed by atoms with Crippen molar-refractivity contribution in [1.82, 2.24) is 0 Å². The van der Waals surface area contributed by atoms with Crippen LogP contribution in [0, 0.1) is 11.3 Å². The van der Waals surface area contributed by atoms with E-state index in [2.05, 4.69) is 0 Å². The Balaban J connectivity index is 2.91. The predicted molar refractivity (Wildman–Crippen MR) is 57.4 cm³/mol. The monoisotopic (exact) mass is 212 g/mol. The van der Waals surface area contributed by atoms with Gasteiger partial charge in [-0.2, -0.15) is 0 Å². The van der Waals surface area contributed by atoms with Gasteiger partial charge in [-0.1, -0.05) is 13.3 Å². The molecule has 0 saturated heterocycles. The van der Waals surface area contributed by atoms with Crippen LogP contribution in [0.3, 0.4) is 0 Å². The van der Waals surface area contributed by atoms with Crippen molar-refractivity contribution in [3.63, 3.8) is 0 Å². The van der Waals surface area contributed by atoms with Gasteiger partial charge in [0.25, 0.3) is 0 Å². The smallest absolute Gasteiger partial charge is 0.319 e. The molecule has 1 saturated carbocycles. The minimum atomic E-state index is -0.886. The number of hydrogen-bond donors (Lipinski definition) is 0. The molecular weight excluding hydrogens is 192 g/mol. The molecule has 0 heterocycles. The summed E-state index contributed by atoms with van der Waals surface area (Å²) >= 11 is 0. The van der Waals surface area contributed by atoms with Crippen LogP contribution in [0.5, 0.6) is 0 Å². The van der Waals surface area contributed by atoms with Gasteiger partial charge in [0.1, 0.15) is 11.2 Å². The standard InChI is InChI=1S/C12H20O3/c1-4-9-7-6-8-10(13)12(9,3)11(14)15-5-2/h9H,4-8H2,1-3H3/t9-,12-/m1/s1. The first-order valence-electron chi connectivity index (χ1n) is 5.77. The van der Waals surface area contributed by atoms with E-state index in [1.165, 1.54) is 0 Å². The summed E-state index contributed by atoms with van der Waals surface area (Å²) in [6.45, 7) is 5.90. The molecule has 0 bridgehead atoms. The van der Waals surface area contributed by atoms with Crippen LogP contribution in [0.2, 0.25) is 0 Å². The van der Waals surface area contributed by atoms with Gasteiger partial charge in [-0.25, -0.2) is 0 Å². The largest absolute Gasteiger partial charge is 0.465 e. The first-order valence-corrected chi connectivity index (χ1v) is 5.77. The molecule has 1 aliphatic carbocycles. The van der Waals surface area contributed by atoms with E-state index in [1.807, 2.05) is 6.92 Å². The van der Waals surface area contributed by atoms with E-state index in [-0.39, 0.29) is 17.7 Å². The SMILES string of the molecule is CCOC(=O)[C@@]1(C)C(=O)CCC[C@H]1CC. The number of ether oxygens (including phenoxy) is 1. The molecule has 0 aromatic carbocycles. The molecule has 86 valence electrons. The Hall–Kier alpha value is -0.860. The van der Waals surface area contributed by atoms with Gasteiger partial charge < -0.3 is 4.74 Å². The Morgan fingerprint density at radius 3 is 2.73 bits per heavy atom. The number of hydrogen-bond acceptors (Lipinski definition) is 3. The van der Waals surface area contributed by atoms with Crippen LogP contribution in [0.4, 0.5) is 0 Å². The van der Waals surface area contributed by atoms with Crippen molar-refractivity contribution in [2.24, 2.45) is 11.3 Å². The molecular formula is C12H20O3. The minimum absolute atomic E-state index is 0.0547. The van der Waals surface area contributed by atoms with Gasteiger partial charge in [0.05, 0.1) is 6.61 Å². The Morgan fingerprint density at radius 2 is 2.20 bits per heavy atom. The topological polar surface area (TPSA) is 43.4 Å². The van der Waals surface area contributed by atoms with Crippen molar-refractivity contribution < 1.29 is 14.3 Å². The summed E-state index contributed by atoms with van der Waals surface area (Å²) < 4.78 is 5.03. The first kappa shape index (κ1) is 12.2. The predicted octanol–water partition coefficient (Wildman–Crippen LogP) is 2.33. The van der Waals surface area contributed by atoms with E-state index < -0.39 is 5.41 Å². The molecule has 15 heavy (non-hydrogen) atoms. The molecule has 0 aromatic heterocycles. The van der Waals surface area contributed by atoms with Crippen LogP contribution >= 0.6 is 0 Å². The van der Waals surface area contributed by atoms with Gasteiger partial charge in [-0.05, 0) is 32.6 Å². The summed E-state index contributed by atoms with van der Waals surface area (Å²) in [5.74, 6) is -0.126. The average molecular weight is 212 g/mol. The minimum Gasteiger partial charge on any atom is -0.465 e. The Morgan fingerprint density at radius 1 is 1.53 bits per heavy atom. The fourth-order valence-electron chi connectivity index (χ4n) is 2.46. The molecule has 0 aliphatic heterocycles. The number of carbonyl (C=O) groups is 2. The van der Waals surface area contributed by atoms with Crippen molar-refractivity contribution in [2.75, 3.05) is 6.61 Å². The first-order chi connectivity index (χ1) is 7.07. The van der Waals surface area contributed by atoms with Crippen molar-refractivity contribution in [3.8, 4) is 0 Å². The number of carbonyl (C=O) groups excluding carboxylic acids is 2. The quantitative estimate of drug-likeness (QED) is 0.532. The second kappa shape index (κ2) is 4.77. The zero-order chi connectivity index (χ0) is 11.5. The molecule has 1 fully saturated rings. The zero-order valence-electron chi connectivity index (χ0n) is 9.84. The van der Waals surface area contributed by atoms with Gasteiger partial charge in [0.2, 0.25) is 0 Å². The highest BCUT2D eigenvalue weighted by Gasteiger charge is 2.49. The van der Waals surface area contributed by atoms with Crippen molar-refractivity contribution in [2.45, 2.75) is 46.5 Å². The van der Waals surface area contributed by atoms with Gasteiger partial charge in [0.15, 0.2) is 0 Å². The fraction of sp³-hybridized carbons (Fsp3) is 0.833. The number of ketones is 1. The summed E-state index contributed by atoms with van der Waals surface area (Å²) in [5.41, 5.74) is -0.886. The van der Waals surface area contributed by atoms with Crippen LogP contribution in [-0.4, -0.2) is 18.4 Å². The lowest BCUT2D eigenvalue weighted by molar-refractivity contribution is -0.165. The second-order valence-corrected chi connectivity index (χ2v) is 4.34. The third-order valence-corrected chi connectivity index (χ3v) is 3.54. The lowest BCUT2D eigenvalue weighted by Crippen LogP contribution is -2.46. The molecule has 0 N–H and O–H groups in total. The number of rotatable bonds is 3. The van der Waals surface area contributed by atoms with Crippen molar-refractivity contribution >= 4 is 11.8 Å². The number of Topliss-reactive ketones (excluding diaryl/α,β-unsaturated/α-hetero) is 1. The van der Waals surface area contributed by atoms with E-state index in [1.54, 1.807) is 13.8 Å². The molecule has 0 radical (unpaired) electrons. The Kier molecular flexibility index (Phi) is 3.89. The highest BCUT2D eigenvalue weighted by Crippen LogP contribution is 2.41. The van der Waals surface area contributed by atoms with Crippen molar-refractivity contribution in [3.05, 3.63) is 0 Å². The van der Waals surface area contributed by atoms with E-state index in [4.69, 9.17) is 4.74 Å². The van der Waals surface area contributed by atoms with E-state index in [0.29, 0.717) is 13.0 Å². The average Bonchev–Trinajstić information content (AvgIpc) is 2.22. The van der Waals surface area contributed by atoms with Gasteiger partial charge in [-0.3, -0.25) is 9.59 Å².